The summed E-state index contributed by atoms with van der Waals surface area (Å²) in [7, 11) is 0. The molecule has 88 valence electrons. The van der Waals surface area contributed by atoms with Crippen LogP contribution in [0.4, 0.5) is 0 Å². The molecule has 0 aliphatic rings. The van der Waals surface area contributed by atoms with Gasteiger partial charge in [0.2, 0.25) is 0 Å². The highest BCUT2D eigenvalue weighted by atomic mass is 32.1. The van der Waals surface area contributed by atoms with Gasteiger partial charge < -0.3 is 5.11 Å². The van der Waals surface area contributed by atoms with E-state index in [4.69, 9.17) is 5.11 Å². The van der Waals surface area contributed by atoms with E-state index in [-0.39, 0.29) is 5.69 Å². The molecule has 0 saturated heterocycles. The summed E-state index contributed by atoms with van der Waals surface area (Å²) in [6, 6.07) is 7.76. The molecule has 1 N–H and O–H groups in total. The molecule has 0 aliphatic heterocycles. The fourth-order valence-corrected chi connectivity index (χ4v) is 2.10. The molecule has 17 heavy (non-hydrogen) atoms. The summed E-state index contributed by atoms with van der Waals surface area (Å²) in [4.78, 5) is 10.9. The Hall–Kier alpha value is -1.75. The Bertz CT molecular complexity index is 532. The first-order valence-corrected chi connectivity index (χ1v) is 5.99. The van der Waals surface area contributed by atoms with E-state index in [0.717, 1.165) is 17.3 Å². The van der Waals surface area contributed by atoms with Crippen LogP contribution in [0.5, 0.6) is 0 Å². The fourth-order valence-electron chi connectivity index (χ4n) is 1.54. The number of rotatable bonds is 3. The lowest BCUT2D eigenvalue weighted by molar-refractivity contribution is 0.0692. The van der Waals surface area contributed by atoms with Crippen molar-refractivity contribution < 1.29 is 9.90 Å². The molecule has 0 spiro atoms. The van der Waals surface area contributed by atoms with Gasteiger partial charge in [-0.25, -0.2) is 4.79 Å². The van der Waals surface area contributed by atoms with Crippen LogP contribution in [-0.2, 0) is 0 Å². The van der Waals surface area contributed by atoms with Gasteiger partial charge in [-0.1, -0.05) is 38.1 Å². The van der Waals surface area contributed by atoms with Crippen molar-refractivity contribution in [1.82, 2.24) is 8.75 Å². The molecule has 0 unspecified atom stereocenters. The average molecular weight is 248 g/mol. The zero-order valence-corrected chi connectivity index (χ0v) is 10.4. The summed E-state index contributed by atoms with van der Waals surface area (Å²) in [6.07, 6.45) is 0. The summed E-state index contributed by atoms with van der Waals surface area (Å²) >= 11 is 0.919. The van der Waals surface area contributed by atoms with E-state index < -0.39 is 5.97 Å². The van der Waals surface area contributed by atoms with Gasteiger partial charge in [0.1, 0.15) is 5.69 Å². The van der Waals surface area contributed by atoms with E-state index >= 15 is 0 Å². The third-order valence-corrected chi connectivity index (χ3v) is 3.07. The van der Waals surface area contributed by atoms with Crippen molar-refractivity contribution >= 4 is 17.7 Å². The van der Waals surface area contributed by atoms with Crippen molar-refractivity contribution in [2.24, 2.45) is 0 Å². The number of carbonyl (C=O) groups is 1. The Morgan fingerprint density at radius 2 is 1.88 bits per heavy atom. The van der Waals surface area contributed by atoms with Crippen LogP contribution in [-0.4, -0.2) is 19.8 Å². The number of aromatic nitrogens is 2. The van der Waals surface area contributed by atoms with Gasteiger partial charge in [-0.2, -0.15) is 8.75 Å². The van der Waals surface area contributed by atoms with Crippen LogP contribution < -0.4 is 0 Å². The van der Waals surface area contributed by atoms with Crippen molar-refractivity contribution in [3.63, 3.8) is 0 Å². The Kier molecular flexibility index (Phi) is 3.19. The molecule has 0 bridgehead atoms. The van der Waals surface area contributed by atoms with Gasteiger partial charge in [0, 0.05) is 5.56 Å². The van der Waals surface area contributed by atoms with Gasteiger partial charge in [-0.3, -0.25) is 0 Å². The topological polar surface area (TPSA) is 63.1 Å². The molecule has 5 heteroatoms. The lowest BCUT2D eigenvalue weighted by atomic mass is 10.0. The maximum absolute atomic E-state index is 10.9. The summed E-state index contributed by atoms with van der Waals surface area (Å²) in [5.74, 6) is -0.585. The molecule has 0 atom stereocenters. The second-order valence-corrected chi connectivity index (χ2v) is 4.57. The van der Waals surface area contributed by atoms with Crippen molar-refractivity contribution in [1.29, 1.82) is 0 Å². The first kappa shape index (κ1) is 11.7. The zero-order valence-electron chi connectivity index (χ0n) is 9.54. The van der Waals surface area contributed by atoms with Crippen molar-refractivity contribution in [2.75, 3.05) is 0 Å². The lowest BCUT2D eigenvalue weighted by Gasteiger charge is -2.05. The predicted molar refractivity (Wildman–Crippen MR) is 66.4 cm³/mol. The number of benzene rings is 1. The molecule has 0 amide bonds. The molecular formula is C12H12N2O2S. The molecular weight excluding hydrogens is 236 g/mol. The van der Waals surface area contributed by atoms with E-state index in [9.17, 15) is 4.79 Å². The standard InChI is InChI=1S/C12H12N2O2S/c1-7(2)8-3-5-9(6-4-8)10-11(12(15)16)14-17-13-10/h3-7H,1-2H3,(H,15,16). The maximum Gasteiger partial charge on any atom is 0.357 e. The van der Waals surface area contributed by atoms with Crippen molar-refractivity contribution in [2.45, 2.75) is 19.8 Å². The van der Waals surface area contributed by atoms with E-state index in [0.29, 0.717) is 11.6 Å². The van der Waals surface area contributed by atoms with E-state index in [1.54, 1.807) is 0 Å². The third-order valence-electron chi connectivity index (χ3n) is 2.54. The first-order valence-electron chi connectivity index (χ1n) is 5.25. The molecule has 2 rings (SSSR count). The predicted octanol–water partition coefficient (Wildman–Crippen LogP) is 3.03. The van der Waals surface area contributed by atoms with Crippen molar-refractivity contribution in [3.8, 4) is 11.3 Å². The zero-order chi connectivity index (χ0) is 12.4. The molecule has 2 aromatic rings. The van der Waals surface area contributed by atoms with Crippen LogP contribution in [0.2, 0.25) is 0 Å². The van der Waals surface area contributed by atoms with Crippen LogP contribution >= 0.6 is 11.7 Å². The Morgan fingerprint density at radius 1 is 1.24 bits per heavy atom. The van der Waals surface area contributed by atoms with Crippen molar-refractivity contribution in [3.05, 3.63) is 35.5 Å². The molecule has 0 saturated carbocycles. The number of aromatic carboxylic acids is 1. The first-order chi connectivity index (χ1) is 8.09. The lowest BCUT2D eigenvalue weighted by Crippen LogP contribution is -1.99. The van der Waals surface area contributed by atoms with Crippen LogP contribution in [0.15, 0.2) is 24.3 Å². The quantitative estimate of drug-likeness (QED) is 0.906. The highest BCUT2D eigenvalue weighted by Gasteiger charge is 2.16. The Labute approximate surface area is 103 Å². The number of carboxylic acids is 1. The van der Waals surface area contributed by atoms with Crippen LogP contribution in [0.1, 0.15) is 35.8 Å². The summed E-state index contributed by atoms with van der Waals surface area (Å²) in [5, 5.41) is 8.96. The maximum atomic E-state index is 10.9. The monoisotopic (exact) mass is 248 g/mol. The van der Waals surface area contributed by atoms with Gasteiger partial charge in [-0.15, -0.1) is 0 Å². The molecule has 0 fully saturated rings. The highest BCUT2D eigenvalue weighted by Crippen LogP contribution is 2.24. The van der Waals surface area contributed by atoms with E-state index in [1.807, 2.05) is 24.3 Å². The number of hydrogen-bond donors (Lipinski definition) is 1. The van der Waals surface area contributed by atoms with Crippen LogP contribution in [0, 0.1) is 0 Å². The second kappa shape index (κ2) is 4.63. The minimum absolute atomic E-state index is 0.0206. The van der Waals surface area contributed by atoms with Crippen LogP contribution in [0.25, 0.3) is 11.3 Å². The number of carboxylic acid groups (broad SMARTS) is 1. The normalized spacial score (nSPS) is 10.8. The third kappa shape index (κ3) is 2.34. The molecule has 4 nitrogen and oxygen atoms in total. The minimum atomic E-state index is -1.04. The summed E-state index contributed by atoms with van der Waals surface area (Å²) in [6.45, 7) is 4.23. The van der Waals surface area contributed by atoms with Crippen LogP contribution in [0.3, 0.4) is 0 Å². The SMILES string of the molecule is CC(C)c1ccc(-c2nsnc2C(=O)O)cc1. The molecule has 1 heterocycles. The van der Waals surface area contributed by atoms with Gasteiger partial charge in [0.25, 0.3) is 0 Å². The van der Waals surface area contributed by atoms with Gasteiger partial charge in [-0.05, 0) is 11.5 Å². The molecule has 0 aliphatic carbocycles. The Morgan fingerprint density at radius 3 is 2.41 bits per heavy atom. The summed E-state index contributed by atoms with van der Waals surface area (Å²) < 4.78 is 7.81. The molecule has 1 aromatic carbocycles. The fraction of sp³-hybridized carbons (Fsp3) is 0.250. The molecule has 0 radical (unpaired) electrons. The highest BCUT2D eigenvalue weighted by molar-refractivity contribution is 6.99. The number of hydrogen-bond acceptors (Lipinski definition) is 4. The second-order valence-electron chi connectivity index (χ2n) is 4.04. The van der Waals surface area contributed by atoms with Gasteiger partial charge >= 0.3 is 5.97 Å². The van der Waals surface area contributed by atoms with Gasteiger partial charge in [0.15, 0.2) is 5.69 Å². The van der Waals surface area contributed by atoms with E-state index in [1.165, 1.54) is 5.56 Å². The Balaban J connectivity index is 2.40. The molecule has 1 aromatic heterocycles. The van der Waals surface area contributed by atoms with E-state index in [2.05, 4.69) is 22.6 Å². The average Bonchev–Trinajstić information content (AvgIpc) is 2.78. The number of nitrogens with zero attached hydrogens (tertiary/aromatic N) is 2. The van der Waals surface area contributed by atoms with Gasteiger partial charge in [0.05, 0.1) is 11.7 Å². The largest absolute Gasteiger partial charge is 0.476 e. The summed E-state index contributed by atoms with van der Waals surface area (Å²) in [5.41, 5.74) is 2.47. The smallest absolute Gasteiger partial charge is 0.357 e. The minimum Gasteiger partial charge on any atom is -0.476 e.